The number of amides is 2. The molecule has 2 fully saturated rings. The van der Waals surface area contributed by atoms with Crippen LogP contribution in [0.4, 0.5) is 0 Å². The van der Waals surface area contributed by atoms with Crippen molar-refractivity contribution in [1.29, 1.82) is 0 Å². The van der Waals surface area contributed by atoms with Gasteiger partial charge in [0.25, 0.3) is 0 Å². The lowest BCUT2D eigenvalue weighted by Gasteiger charge is -2.19. The van der Waals surface area contributed by atoms with Gasteiger partial charge in [-0.2, -0.15) is 0 Å². The third kappa shape index (κ3) is 1.50. The fraction of sp³-hybridized carbons (Fsp3) is 0.727. The third-order valence-corrected chi connectivity index (χ3v) is 3.62. The lowest BCUT2D eigenvalue weighted by Crippen LogP contribution is -2.43. The number of likely N-dealkylation sites (tertiary alicyclic amines) is 1. The maximum Gasteiger partial charge on any atom is 0.326 e. The summed E-state index contributed by atoms with van der Waals surface area (Å²) in [6.45, 7) is 1.38. The first-order valence-corrected chi connectivity index (χ1v) is 5.63. The fourth-order valence-corrected chi connectivity index (χ4v) is 2.68. The van der Waals surface area contributed by atoms with Crippen LogP contribution in [-0.4, -0.2) is 33.8 Å². The van der Waals surface area contributed by atoms with Gasteiger partial charge < -0.3 is 5.11 Å². The zero-order valence-corrected chi connectivity index (χ0v) is 9.18. The molecule has 1 heterocycles. The number of fused-ring (bicyclic) bond motifs is 1. The monoisotopic (exact) mass is 225 g/mol. The van der Waals surface area contributed by atoms with Crippen molar-refractivity contribution < 1.29 is 19.5 Å². The highest BCUT2D eigenvalue weighted by Crippen LogP contribution is 2.38. The minimum Gasteiger partial charge on any atom is -0.480 e. The minimum atomic E-state index is -1.12. The van der Waals surface area contributed by atoms with E-state index >= 15 is 0 Å². The van der Waals surface area contributed by atoms with E-state index in [1.165, 1.54) is 6.92 Å². The average molecular weight is 225 g/mol. The van der Waals surface area contributed by atoms with E-state index in [0.717, 1.165) is 30.6 Å². The largest absolute Gasteiger partial charge is 0.480 e. The molecule has 0 spiro atoms. The van der Waals surface area contributed by atoms with Crippen molar-refractivity contribution in [2.24, 2.45) is 11.8 Å². The van der Waals surface area contributed by atoms with Crippen LogP contribution in [0.5, 0.6) is 0 Å². The van der Waals surface area contributed by atoms with Gasteiger partial charge in [0.1, 0.15) is 6.04 Å². The van der Waals surface area contributed by atoms with Gasteiger partial charge in [0.2, 0.25) is 11.8 Å². The molecule has 3 unspecified atom stereocenters. The summed E-state index contributed by atoms with van der Waals surface area (Å²) in [6.07, 6.45) is 3.35. The van der Waals surface area contributed by atoms with Gasteiger partial charge in [-0.05, 0) is 19.8 Å². The summed E-state index contributed by atoms with van der Waals surface area (Å²) in [5.41, 5.74) is 0. The molecular formula is C11H15NO4. The molecule has 16 heavy (non-hydrogen) atoms. The van der Waals surface area contributed by atoms with Crippen molar-refractivity contribution in [2.45, 2.75) is 38.6 Å². The van der Waals surface area contributed by atoms with Crippen LogP contribution >= 0.6 is 0 Å². The number of imide groups is 1. The Hall–Kier alpha value is -1.39. The van der Waals surface area contributed by atoms with Gasteiger partial charge in [-0.25, -0.2) is 4.79 Å². The molecule has 1 N–H and O–H groups in total. The van der Waals surface area contributed by atoms with Gasteiger partial charge in [-0.3, -0.25) is 14.5 Å². The van der Waals surface area contributed by atoms with E-state index < -0.39 is 12.0 Å². The number of carboxylic acid groups (broad SMARTS) is 1. The predicted molar refractivity (Wildman–Crippen MR) is 54.4 cm³/mol. The molecule has 0 aromatic heterocycles. The summed E-state index contributed by atoms with van der Waals surface area (Å²) in [7, 11) is 0. The van der Waals surface area contributed by atoms with Crippen molar-refractivity contribution in [1.82, 2.24) is 4.90 Å². The summed E-state index contributed by atoms with van der Waals surface area (Å²) in [6, 6.07) is -1.04. The molecule has 2 amide bonds. The number of carbonyl (C=O) groups is 3. The first kappa shape index (κ1) is 11.1. The minimum absolute atomic E-state index is 0.261. The maximum atomic E-state index is 11.9. The molecule has 0 radical (unpaired) electrons. The molecule has 1 saturated heterocycles. The molecule has 5 heteroatoms. The van der Waals surface area contributed by atoms with E-state index in [1.54, 1.807) is 0 Å². The number of nitrogens with zero attached hydrogens (tertiary/aromatic N) is 1. The second kappa shape index (κ2) is 3.88. The van der Waals surface area contributed by atoms with Crippen molar-refractivity contribution in [3.05, 3.63) is 0 Å². The van der Waals surface area contributed by atoms with Gasteiger partial charge >= 0.3 is 5.97 Å². The first-order valence-electron chi connectivity index (χ1n) is 5.63. The number of carboxylic acids is 1. The van der Waals surface area contributed by atoms with E-state index in [0.29, 0.717) is 0 Å². The molecule has 5 nitrogen and oxygen atoms in total. The highest BCUT2D eigenvalue weighted by Gasteiger charge is 2.50. The highest BCUT2D eigenvalue weighted by atomic mass is 16.4. The normalized spacial score (nSPS) is 31.4. The molecule has 0 aromatic rings. The number of hydrogen-bond donors (Lipinski definition) is 1. The summed E-state index contributed by atoms with van der Waals surface area (Å²) in [5, 5.41) is 8.87. The molecule has 0 bridgehead atoms. The van der Waals surface area contributed by atoms with Crippen LogP contribution in [0.25, 0.3) is 0 Å². The van der Waals surface area contributed by atoms with Gasteiger partial charge in [0.05, 0.1) is 11.8 Å². The summed E-state index contributed by atoms with van der Waals surface area (Å²) < 4.78 is 0. The van der Waals surface area contributed by atoms with E-state index in [9.17, 15) is 14.4 Å². The number of rotatable bonds is 2. The van der Waals surface area contributed by atoms with Crippen LogP contribution in [0.1, 0.15) is 32.6 Å². The van der Waals surface area contributed by atoms with E-state index in [-0.39, 0.29) is 23.7 Å². The van der Waals surface area contributed by atoms with Crippen LogP contribution in [0, 0.1) is 11.8 Å². The highest BCUT2D eigenvalue weighted by molar-refractivity contribution is 6.07. The lowest BCUT2D eigenvalue weighted by atomic mass is 9.81. The fourth-order valence-electron chi connectivity index (χ4n) is 2.68. The second-order valence-electron chi connectivity index (χ2n) is 4.56. The molecule has 0 aromatic carbocycles. The first-order chi connectivity index (χ1) is 7.54. The maximum absolute atomic E-state index is 11.9. The SMILES string of the molecule is CC(C(=O)O)N1C(=O)C2CCCCC2C1=O. The Balaban J connectivity index is 2.25. The molecule has 2 rings (SSSR count). The summed E-state index contributed by atoms with van der Waals surface area (Å²) in [5.74, 6) is -2.22. The Kier molecular flexibility index (Phi) is 2.69. The quantitative estimate of drug-likeness (QED) is 0.699. The molecule has 88 valence electrons. The van der Waals surface area contributed by atoms with Crippen molar-refractivity contribution >= 4 is 17.8 Å². The zero-order valence-electron chi connectivity index (χ0n) is 9.18. The molecule has 1 saturated carbocycles. The lowest BCUT2D eigenvalue weighted by molar-refractivity contribution is -0.154. The van der Waals surface area contributed by atoms with Crippen LogP contribution in [0.3, 0.4) is 0 Å². The smallest absolute Gasteiger partial charge is 0.326 e. The van der Waals surface area contributed by atoms with E-state index in [2.05, 4.69) is 0 Å². The Morgan fingerprint density at radius 2 is 1.69 bits per heavy atom. The molecule has 3 atom stereocenters. The van der Waals surface area contributed by atoms with E-state index in [1.807, 2.05) is 0 Å². The van der Waals surface area contributed by atoms with Gasteiger partial charge in [0, 0.05) is 0 Å². The zero-order chi connectivity index (χ0) is 11.9. The summed E-state index contributed by atoms with van der Waals surface area (Å²) >= 11 is 0. The molecule has 2 aliphatic rings. The third-order valence-electron chi connectivity index (χ3n) is 3.62. The molecule has 1 aliphatic heterocycles. The van der Waals surface area contributed by atoms with Crippen LogP contribution in [0.15, 0.2) is 0 Å². The standard InChI is InChI=1S/C11H15NO4/c1-6(11(15)16)12-9(13)7-4-2-3-5-8(7)10(12)14/h6-8H,2-5H2,1H3,(H,15,16). The Labute approximate surface area is 93.4 Å². The Morgan fingerprint density at radius 1 is 1.25 bits per heavy atom. The second-order valence-corrected chi connectivity index (χ2v) is 4.56. The van der Waals surface area contributed by atoms with Crippen LogP contribution in [0.2, 0.25) is 0 Å². The average Bonchev–Trinajstić information content (AvgIpc) is 2.52. The molecular weight excluding hydrogens is 210 g/mol. The van der Waals surface area contributed by atoms with Crippen LogP contribution < -0.4 is 0 Å². The number of carbonyl (C=O) groups excluding carboxylic acids is 2. The van der Waals surface area contributed by atoms with Crippen molar-refractivity contribution in [2.75, 3.05) is 0 Å². The summed E-state index contributed by atoms with van der Waals surface area (Å²) in [4.78, 5) is 35.7. The predicted octanol–water partition coefficient (Wildman–Crippen LogP) is 0.635. The van der Waals surface area contributed by atoms with Crippen LogP contribution in [-0.2, 0) is 14.4 Å². The van der Waals surface area contributed by atoms with Gasteiger partial charge in [-0.1, -0.05) is 12.8 Å². The topological polar surface area (TPSA) is 74.7 Å². The van der Waals surface area contributed by atoms with E-state index in [4.69, 9.17) is 5.11 Å². The van der Waals surface area contributed by atoms with Crippen molar-refractivity contribution in [3.63, 3.8) is 0 Å². The Morgan fingerprint density at radius 3 is 2.06 bits per heavy atom. The van der Waals surface area contributed by atoms with Gasteiger partial charge in [-0.15, -0.1) is 0 Å². The van der Waals surface area contributed by atoms with Gasteiger partial charge in [0.15, 0.2) is 0 Å². The van der Waals surface area contributed by atoms with Crippen molar-refractivity contribution in [3.8, 4) is 0 Å². The number of hydrogen-bond acceptors (Lipinski definition) is 3. The molecule has 1 aliphatic carbocycles. The number of aliphatic carboxylic acids is 1. The Bertz CT molecular complexity index is 328.